The topological polar surface area (TPSA) is 124 Å². The van der Waals surface area contributed by atoms with Gasteiger partial charge in [-0.3, -0.25) is 4.79 Å². The fourth-order valence-corrected chi connectivity index (χ4v) is 3.96. The van der Waals surface area contributed by atoms with Gasteiger partial charge < -0.3 is 24.4 Å². The van der Waals surface area contributed by atoms with Gasteiger partial charge in [-0.15, -0.1) is 4.40 Å². The Kier molecular flexibility index (Phi) is 5.20. The summed E-state index contributed by atoms with van der Waals surface area (Å²) in [6, 6.07) is 5.34. The van der Waals surface area contributed by atoms with Crippen LogP contribution in [0.25, 0.3) is 0 Å². The Morgan fingerprint density at radius 3 is 2.90 bits per heavy atom. The van der Waals surface area contributed by atoms with E-state index < -0.39 is 28.0 Å². The van der Waals surface area contributed by atoms with E-state index in [0.717, 1.165) is 5.56 Å². The molecule has 0 bridgehead atoms. The summed E-state index contributed by atoms with van der Waals surface area (Å²) in [4.78, 5) is 26.2. The van der Waals surface area contributed by atoms with E-state index in [1.165, 1.54) is 25.3 Å². The summed E-state index contributed by atoms with van der Waals surface area (Å²) < 4.78 is 42.5. The molecule has 0 aromatic heterocycles. The van der Waals surface area contributed by atoms with Crippen molar-refractivity contribution in [2.75, 3.05) is 19.1 Å². The van der Waals surface area contributed by atoms with Crippen LogP contribution in [0.3, 0.4) is 0 Å². The average Bonchev–Trinajstić information content (AvgIpc) is 3.18. The van der Waals surface area contributed by atoms with Crippen molar-refractivity contribution in [2.45, 2.75) is 19.6 Å². The number of nitrogens with one attached hydrogen (secondary N) is 1. The lowest BCUT2D eigenvalue weighted by Gasteiger charge is -2.27. The molecule has 0 fully saturated rings. The maximum atomic E-state index is 12.4. The van der Waals surface area contributed by atoms with Crippen molar-refractivity contribution in [1.29, 1.82) is 0 Å². The zero-order valence-corrected chi connectivity index (χ0v) is 16.8. The number of amidine groups is 1. The van der Waals surface area contributed by atoms with Gasteiger partial charge in [0.25, 0.3) is 15.9 Å². The lowest BCUT2D eigenvalue weighted by molar-refractivity contribution is -0.151. The molecular formula is C19H19N3O7S. The number of amides is 1. The highest BCUT2D eigenvalue weighted by Gasteiger charge is 2.27. The molecule has 3 aliphatic heterocycles. The normalized spacial score (nSPS) is 19.3. The Balaban J connectivity index is 1.32. The SMILES string of the molecule is CC(OC(=O)C1=CN2CCS(=O)(=O)N=C2C=C1)C(=O)NCc1ccc2c(c1)OCO2. The van der Waals surface area contributed by atoms with E-state index in [0.29, 0.717) is 11.5 Å². The van der Waals surface area contributed by atoms with Crippen LogP contribution in [0.2, 0.25) is 0 Å². The monoisotopic (exact) mass is 433 g/mol. The number of carbonyl (C=O) groups excluding carboxylic acids is 2. The molecule has 1 aromatic carbocycles. The Morgan fingerprint density at radius 2 is 2.07 bits per heavy atom. The highest BCUT2D eigenvalue weighted by atomic mass is 32.2. The zero-order valence-electron chi connectivity index (χ0n) is 16.0. The first-order valence-corrected chi connectivity index (χ1v) is 10.8. The molecule has 3 heterocycles. The minimum atomic E-state index is -3.47. The van der Waals surface area contributed by atoms with Gasteiger partial charge in [0.1, 0.15) is 5.84 Å². The van der Waals surface area contributed by atoms with Crippen LogP contribution in [-0.4, -0.2) is 56.2 Å². The van der Waals surface area contributed by atoms with Crippen molar-refractivity contribution in [3.05, 3.63) is 47.7 Å². The summed E-state index contributed by atoms with van der Waals surface area (Å²) in [7, 11) is -3.47. The predicted molar refractivity (Wildman–Crippen MR) is 105 cm³/mol. The van der Waals surface area contributed by atoms with E-state index in [9.17, 15) is 18.0 Å². The Labute approximate surface area is 172 Å². The maximum Gasteiger partial charge on any atom is 0.340 e. The molecule has 1 unspecified atom stereocenters. The van der Waals surface area contributed by atoms with E-state index in [1.807, 2.05) is 0 Å². The number of hydrogen-bond acceptors (Lipinski definition) is 8. The van der Waals surface area contributed by atoms with E-state index in [-0.39, 0.29) is 37.0 Å². The fourth-order valence-electron chi connectivity index (χ4n) is 2.99. The summed E-state index contributed by atoms with van der Waals surface area (Å²) in [5.41, 5.74) is 1.01. The Bertz CT molecular complexity index is 1090. The third-order valence-corrected chi connectivity index (χ3v) is 5.78. The van der Waals surface area contributed by atoms with Crippen LogP contribution in [0.4, 0.5) is 0 Å². The van der Waals surface area contributed by atoms with Crippen LogP contribution in [0, 0.1) is 0 Å². The molecule has 0 spiro atoms. The highest BCUT2D eigenvalue weighted by molar-refractivity contribution is 7.90. The van der Waals surface area contributed by atoms with Crippen molar-refractivity contribution >= 4 is 27.7 Å². The Morgan fingerprint density at radius 1 is 1.27 bits per heavy atom. The first kappa shape index (κ1) is 20.0. The number of nitrogens with zero attached hydrogens (tertiary/aromatic N) is 2. The number of ether oxygens (including phenoxy) is 3. The molecule has 1 atom stereocenters. The minimum absolute atomic E-state index is 0.137. The van der Waals surface area contributed by atoms with Crippen LogP contribution in [0.1, 0.15) is 12.5 Å². The summed E-state index contributed by atoms with van der Waals surface area (Å²) in [5, 5.41) is 2.71. The van der Waals surface area contributed by atoms with E-state index in [2.05, 4.69) is 9.71 Å². The van der Waals surface area contributed by atoms with Gasteiger partial charge in [-0.1, -0.05) is 6.07 Å². The first-order valence-electron chi connectivity index (χ1n) is 9.17. The van der Waals surface area contributed by atoms with Crippen molar-refractivity contribution in [3.63, 3.8) is 0 Å². The number of carbonyl (C=O) groups is 2. The summed E-state index contributed by atoms with van der Waals surface area (Å²) >= 11 is 0. The van der Waals surface area contributed by atoms with E-state index in [1.54, 1.807) is 23.1 Å². The largest absolute Gasteiger partial charge is 0.454 e. The van der Waals surface area contributed by atoms with Gasteiger partial charge in [0.05, 0.1) is 11.3 Å². The average molecular weight is 433 g/mol. The fraction of sp³-hybridized carbons (Fsp3) is 0.316. The smallest absolute Gasteiger partial charge is 0.340 e. The molecule has 3 aliphatic rings. The molecule has 0 saturated carbocycles. The highest BCUT2D eigenvalue weighted by Crippen LogP contribution is 2.32. The molecule has 1 N–H and O–H groups in total. The summed E-state index contributed by atoms with van der Waals surface area (Å²) in [6.07, 6.45) is 3.29. The van der Waals surface area contributed by atoms with Crippen molar-refractivity contribution in [2.24, 2.45) is 4.40 Å². The molecule has 0 aliphatic carbocycles. The number of fused-ring (bicyclic) bond motifs is 2. The molecule has 0 saturated heterocycles. The number of sulfonamides is 1. The van der Waals surface area contributed by atoms with Gasteiger partial charge in [0, 0.05) is 19.3 Å². The van der Waals surface area contributed by atoms with Gasteiger partial charge in [-0.25, -0.2) is 13.2 Å². The molecule has 1 aromatic rings. The van der Waals surface area contributed by atoms with Crippen molar-refractivity contribution < 1.29 is 32.2 Å². The Hall–Kier alpha value is -3.34. The van der Waals surface area contributed by atoms with Gasteiger partial charge in [0.15, 0.2) is 17.6 Å². The molecule has 30 heavy (non-hydrogen) atoms. The van der Waals surface area contributed by atoms with Crippen LogP contribution in [-0.2, 0) is 30.9 Å². The zero-order chi connectivity index (χ0) is 21.3. The van der Waals surface area contributed by atoms with Gasteiger partial charge in [-0.2, -0.15) is 0 Å². The second-order valence-electron chi connectivity index (χ2n) is 6.80. The van der Waals surface area contributed by atoms with E-state index in [4.69, 9.17) is 14.2 Å². The predicted octanol–water partition coefficient (Wildman–Crippen LogP) is 0.461. The number of rotatable bonds is 5. The third kappa shape index (κ3) is 4.30. The number of esters is 1. The maximum absolute atomic E-state index is 12.4. The van der Waals surface area contributed by atoms with Gasteiger partial charge in [0.2, 0.25) is 6.79 Å². The standard InChI is InChI=1S/C19H19N3O7S/c1-12(18(23)20-9-13-2-4-15-16(8-13)28-11-27-15)29-19(24)14-3-5-17-21-30(25,26)7-6-22(17)10-14/h2-5,8,10,12H,6-7,9,11H2,1H3,(H,20,23). The second kappa shape index (κ2) is 7.82. The third-order valence-electron chi connectivity index (χ3n) is 4.62. The number of hydrogen-bond donors (Lipinski definition) is 1. The van der Waals surface area contributed by atoms with Crippen LogP contribution < -0.4 is 14.8 Å². The van der Waals surface area contributed by atoms with Crippen LogP contribution in [0.5, 0.6) is 11.5 Å². The molecule has 11 heteroatoms. The summed E-state index contributed by atoms with van der Waals surface area (Å²) in [6.45, 7) is 2.07. The van der Waals surface area contributed by atoms with Gasteiger partial charge in [-0.05, 0) is 36.8 Å². The van der Waals surface area contributed by atoms with Crippen molar-refractivity contribution in [1.82, 2.24) is 10.2 Å². The van der Waals surface area contributed by atoms with Crippen molar-refractivity contribution in [3.8, 4) is 11.5 Å². The quantitative estimate of drug-likeness (QED) is 0.665. The summed E-state index contributed by atoms with van der Waals surface area (Å²) in [5.74, 6) is 0.234. The molecular weight excluding hydrogens is 414 g/mol. The van der Waals surface area contributed by atoms with Crippen LogP contribution >= 0.6 is 0 Å². The molecule has 4 rings (SSSR count). The number of benzene rings is 1. The molecule has 1 amide bonds. The van der Waals surface area contributed by atoms with Crippen LogP contribution in [0.15, 0.2) is 46.5 Å². The first-order chi connectivity index (χ1) is 14.3. The minimum Gasteiger partial charge on any atom is -0.454 e. The van der Waals surface area contributed by atoms with Gasteiger partial charge >= 0.3 is 5.97 Å². The molecule has 0 radical (unpaired) electrons. The molecule has 158 valence electrons. The van der Waals surface area contributed by atoms with E-state index >= 15 is 0 Å². The lowest BCUT2D eigenvalue weighted by atomic mass is 10.2. The second-order valence-corrected chi connectivity index (χ2v) is 8.55. The molecule has 10 nitrogen and oxygen atoms in total. The lowest BCUT2D eigenvalue weighted by Crippen LogP contribution is -2.38.